The van der Waals surface area contributed by atoms with Crippen LogP contribution in [0.3, 0.4) is 0 Å². The summed E-state index contributed by atoms with van der Waals surface area (Å²) in [5.74, 6) is 1.42. The van der Waals surface area contributed by atoms with E-state index >= 15 is 0 Å². The summed E-state index contributed by atoms with van der Waals surface area (Å²) in [5, 5.41) is 6.28. The van der Waals surface area contributed by atoms with Crippen molar-refractivity contribution >= 4 is 46.1 Å². The summed E-state index contributed by atoms with van der Waals surface area (Å²) in [6.07, 6.45) is 4.84. The van der Waals surface area contributed by atoms with E-state index in [9.17, 15) is 0 Å². The molecular weight excluding hydrogens is 341 g/mol. The number of rotatable bonds is 5. The molecule has 22 heavy (non-hydrogen) atoms. The Bertz CT molecular complexity index is 600. The summed E-state index contributed by atoms with van der Waals surface area (Å²) in [6.45, 7) is 6.53. The van der Waals surface area contributed by atoms with Crippen LogP contribution in [0.5, 0.6) is 5.75 Å². The molecule has 0 radical (unpaired) electrons. The van der Waals surface area contributed by atoms with Crippen LogP contribution in [-0.2, 0) is 4.84 Å². The molecule has 0 bridgehead atoms. The molecule has 1 heterocycles. The Morgan fingerprint density at radius 1 is 1.36 bits per heavy atom. The van der Waals surface area contributed by atoms with E-state index in [0.717, 1.165) is 22.8 Å². The first-order valence-corrected chi connectivity index (χ1v) is 8.81. The van der Waals surface area contributed by atoms with Crippen LogP contribution in [0.15, 0.2) is 23.4 Å². The molecule has 0 spiro atoms. The Kier molecular flexibility index (Phi) is 6.07. The second-order valence-electron chi connectivity index (χ2n) is 5.46. The third-order valence-corrected chi connectivity index (χ3v) is 4.50. The van der Waals surface area contributed by atoms with Crippen LogP contribution in [0, 0.1) is 0 Å². The van der Waals surface area contributed by atoms with Crippen molar-refractivity contribution in [1.29, 1.82) is 0 Å². The maximum atomic E-state index is 6.24. The molecule has 2 rings (SSSR count). The molecule has 0 N–H and O–H groups in total. The quantitative estimate of drug-likeness (QED) is 0.680. The molecule has 0 aliphatic carbocycles. The van der Waals surface area contributed by atoms with Crippen LogP contribution < -0.4 is 4.74 Å². The Balaban J connectivity index is 1.92. The fourth-order valence-electron chi connectivity index (χ4n) is 1.94. The minimum absolute atomic E-state index is 0.183. The molecule has 0 saturated heterocycles. The van der Waals surface area contributed by atoms with E-state index in [0.29, 0.717) is 22.4 Å². The highest BCUT2D eigenvalue weighted by atomic mass is 35.5. The van der Waals surface area contributed by atoms with Crippen LogP contribution in [0.4, 0.5) is 0 Å². The lowest BCUT2D eigenvalue weighted by atomic mass is 10.1. The van der Waals surface area contributed by atoms with Crippen LogP contribution in [0.25, 0.3) is 6.08 Å². The summed E-state index contributed by atoms with van der Waals surface area (Å²) < 4.78 is 5.41. The van der Waals surface area contributed by atoms with Gasteiger partial charge < -0.3 is 9.57 Å². The van der Waals surface area contributed by atoms with E-state index in [-0.39, 0.29) is 5.60 Å². The predicted molar refractivity (Wildman–Crippen MR) is 96.3 cm³/mol. The molecule has 0 unspecified atom stereocenters. The van der Waals surface area contributed by atoms with E-state index in [1.165, 1.54) is 0 Å². The van der Waals surface area contributed by atoms with Gasteiger partial charge in [-0.3, -0.25) is 0 Å². The fraction of sp³-hybridized carbons (Fsp3) is 0.438. The third kappa shape index (κ3) is 4.83. The van der Waals surface area contributed by atoms with Gasteiger partial charge in [-0.05, 0) is 32.4 Å². The first-order chi connectivity index (χ1) is 10.4. The van der Waals surface area contributed by atoms with Crippen LogP contribution in [0.2, 0.25) is 10.0 Å². The van der Waals surface area contributed by atoms with Gasteiger partial charge in [0.2, 0.25) is 0 Å². The SMILES string of the molecule is CCOc1cc(Cl)c(/C=C/CSC2=NOC(C)(C)C2)cc1Cl. The van der Waals surface area contributed by atoms with Gasteiger partial charge in [0.25, 0.3) is 0 Å². The van der Waals surface area contributed by atoms with Gasteiger partial charge in [-0.25, -0.2) is 0 Å². The number of halogens is 2. The zero-order valence-electron chi connectivity index (χ0n) is 12.9. The molecule has 0 atom stereocenters. The molecule has 0 amide bonds. The molecule has 1 aromatic carbocycles. The minimum Gasteiger partial charge on any atom is -0.492 e. The van der Waals surface area contributed by atoms with Crippen LogP contribution in [0.1, 0.15) is 32.8 Å². The minimum atomic E-state index is -0.183. The smallest absolute Gasteiger partial charge is 0.139 e. The number of ether oxygens (including phenoxy) is 1. The summed E-state index contributed by atoms with van der Waals surface area (Å²) in [4.78, 5) is 5.33. The van der Waals surface area contributed by atoms with Gasteiger partial charge in [0, 0.05) is 18.2 Å². The van der Waals surface area contributed by atoms with Crippen molar-refractivity contribution in [2.75, 3.05) is 12.4 Å². The largest absolute Gasteiger partial charge is 0.492 e. The normalized spacial score (nSPS) is 16.7. The molecule has 0 saturated carbocycles. The van der Waals surface area contributed by atoms with E-state index in [2.05, 4.69) is 5.16 Å². The number of benzene rings is 1. The van der Waals surface area contributed by atoms with E-state index < -0.39 is 0 Å². The van der Waals surface area contributed by atoms with Gasteiger partial charge in [-0.1, -0.05) is 40.5 Å². The number of nitrogens with zero attached hydrogens (tertiary/aromatic N) is 1. The summed E-state index contributed by atoms with van der Waals surface area (Å²) in [5.41, 5.74) is 0.693. The van der Waals surface area contributed by atoms with Crippen molar-refractivity contribution in [3.63, 3.8) is 0 Å². The molecular formula is C16H19Cl2NO2S. The topological polar surface area (TPSA) is 30.8 Å². The first-order valence-electron chi connectivity index (χ1n) is 7.07. The van der Waals surface area contributed by atoms with Crippen LogP contribution in [-0.4, -0.2) is 23.0 Å². The van der Waals surface area contributed by atoms with E-state index in [4.69, 9.17) is 32.8 Å². The van der Waals surface area contributed by atoms with Gasteiger partial charge in [-0.2, -0.15) is 0 Å². The van der Waals surface area contributed by atoms with Crippen molar-refractivity contribution in [2.24, 2.45) is 5.16 Å². The Morgan fingerprint density at radius 2 is 2.14 bits per heavy atom. The predicted octanol–water partition coefficient (Wildman–Crippen LogP) is 5.65. The monoisotopic (exact) mass is 359 g/mol. The number of hydrogen-bond donors (Lipinski definition) is 0. The second kappa shape index (κ2) is 7.62. The summed E-state index contributed by atoms with van der Waals surface area (Å²) >= 11 is 14.1. The highest BCUT2D eigenvalue weighted by Gasteiger charge is 2.28. The molecule has 1 aliphatic rings. The fourth-order valence-corrected chi connectivity index (χ4v) is 3.31. The third-order valence-electron chi connectivity index (χ3n) is 2.97. The van der Waals surface area contributed by atoms with Gasteiger partial charge >= 0.3 is 0 Å². The average molecular weight is 360 g/mol. The van der Waals surface area contributed by atoms with E-state index in [1.807, 2.05) is 39.0 Å². The zero-order chi connectivity index (χ0) is 16.2. The van der Waals surface area contributed by atoms with Crippen molar-refractivity contribution in [1.82, 2.24) is 0 Å². The Morgan fingerprint density at radius 3 is 2.77 bits per heavy atom. The number of hydrogen-bond acceptors (Lipinski definition) is 4. The highest BCUT2D eigenvalue weighted by molar-refractivity contribution is 8.14. The lowest BCUT2D eigenvalue weighted by molar-refractivity contribution is 0.0123. The van der Waals surface area contributed by atoms with Crippen molar-refractivity contribution in [3.8, 4) is 5.75 Å². The summed E-state index contributed by atoms with van der Waals surface area (Å²) in [6, 6.07) is 3.56. The molecule has 0 aromatic heterocycles. The maximum absolute atomic E-state index is 6.24. The lowest BCUT2D eigenvalue weighted by Crippen LogP contribution is -2.18. The number of thioether (sulfide) groups is 1. The van der Waals surface area contributed by atoms with Crippen LogP contribution >= 0.6 is 35.0 Å². The number of oxime groups is 1. The second-order valence-corrected chi connectivity index (χ2v) is 7.37. The summed E-state index contributed by atoms with van der Waals surface area (Å²) in [7, 11) is 0. The van der Waals surface area contributed by atoms with Crippen molar-refractivity contribution in [2.45, 2.75) is 32.8 Å². The van der Waals surface area contributed by atoms with Crippen molar-refractivity contribution in [3.05, 3.63) is 33.8 Å². The van der Waals surface area contributed by atoms with Gasteiger partial charge in [0.05, 0.1) is 16.7 Å². The van der Waals surface area contributed by atoms with Gasteiger partial charge in [0.15, 0.2) is 0 Å². The lowest BCUT2D eigenvalue weighted by Gasteiger charge is -2.12. The molecule has 0 fully saturated rings. The Hall–Kier alpha value is -0.840. The highest BCUT2D eigenvalue weighted by Crippen LogP contribution is 2.32. The molecule has 120 valence electrons. The Labute approximate surface area is 145 Å². The molecule has 6 heteroatoms. The molecule has 3 nitrogen and oxygen atoms in total. The van der Waals surface area contributed by atoms with Gasteiger partial charge in [-0.15, -0.1) is 11.8 Å². The van der Waals surface area contributed by atoms with Gasteiger partial charge in [0.1, 0.15) is 16.4 Å². The van der Waals surface area contributed by atoms with Crippen molar-refractivity contribution < 1.29 is 9.57 Å². The zero-order valence-corrected chi connectivity index (χ0v) is 15.2. The molecule has 1 aliphatic heterocycles. The maximum Gasteiger partial charge on any atom is 0.139 e. The standard InChI is InChI=1S/C16H19Cl2NO2S/c1-4-20-14-9-12(17)11(8-13(14)18)6-5-7-22-15-10-16(2,3)21-19-15/h5-6,8-9H,4,7,10H2,1-3H3/b6-5+. The molecule has 1 aromatic rings. The first kappa shape index (κ1) is 17.5. The average Bonchev–Trinajstić information content (AvgIpc) is 2.79. The van der Waals surface area contributed by atoms with E-state index in [1.54, 1.807) is 17.8 Å².